The molecule has 4 aromatic rings. The Morgan fingerprint density at radius 1 is 0.865 bits per heavy atom. The molecule has 1 heterocycles. The van der Waals surface area contributed by atoms with E-state index < -0.39 is 5.54 Å². The maximum absolute atomic E-state index is 13.5. The Labute approximate surface area is 214 Å². The lowest BCUT2D eigenvalue weighted by Gasteiger charge is -2.28. The van der Waals surface area contributed by atoms with Crippen LogP contribution >= 0.6 is 0 Å². The highest BCUT2D eigenvalue weighted by atomic mass is 19.1. The van der Waals surface area contributed by atoms with Crippen molar-refractivity contribution in [2.45, 2.75) is 19.4 Å². The quantitative estimate of drug-likeness (QED) is 0.395. The van der Waals surface area contributed by atoms with Gasteiger partial charge in [0.2, 0.25) is 5.91 Å². The highest BCUT2D eigenvalue weighted by molar-refractivity contribution is 6.12. The smallest absolute Gasteiger partial charge is 0.255 e. The minimum Gasteiger partial charge on any atom is -0.455 e. The van der Waals surface area contributed by atoms with Crippen molar-refractivity contribution >= 4 is 28.7 Å². The Morgan fingerprint density at radius 3 is 2.16 bits per heavy atom. The van der Waals surface area contributed by atoms with Gasteiger partial charge in [0.25, 0.3) is 11.8 Å². The van der Waals surface area contributed by atoms with E-state index in [2.05, 4.69) is 10.6 Å². The molecular formula is C29H28FN3O4. The Bertz CT molecular complexity index is 1500. The summed E-state index contributed by atoms with van der Waals surface area (Å²) in [4.78, 5) is 39.7. The Kier molecular flexibility index (Phi) is 6.85. The van der Waals surface area contributed by atoms with Gasteiger partial charge in [0.05, 0.1) is 5.56 Å². The Balaban J connectivity index is 1.74. The van der Waals surface area contributed by atoms with Gasteiger partial charge in [0.1, 0.15) is 22.7 Å². The third-order valence-corrected chi connectivity index (χ3v) is 6.07. The van der Waals surface area contributed by atoms with Crippen molar-refractivity contribution in [2.24, 2.45) is 0 Å². The predicted octanol–water partition coefficient (Wildman–Crippen LogP) is 4.86. The monoisotopic (exact) mass is 501 g/mol. The summed E-state index contributed by atoms with van der Waals surface area (Å²) in [5.74, 6) is -0.984. The predicted molar refractivity (Wildman–Crippen MR) is 141 cm³/mol. The number of rotatable bonds is 6. The minimum atomic E-state index is -1.08. The normalized spacial score (nSPS) is 11.3. The van der Waals surface area contributed by atoms with Crippen LogP contribution in [0.5, 0.6) is 0 Å². The number of amides is 3. The van der Waals surface area contributed by atoms with Gasteiger partial charge in [-0.25, -0.2) is 4.39 Å². The van der Waals surface area contributed by atoms with Crippen LogP contribution in [0.15, 0.2) is 71.1 Å². The molecule has 7 nitrogen and oxygen atoms in total. The van der Waals surface area contributed by atoms with E-state index in [1.807, 2.05) is 18.2 Å². The number of carbonyl (C=O) groups is 3. The van der Waals surface area contributed by atoms with Crippen LogP contribution in [0.3, 0.4) is 0 Å². The molecule has 0 aliphatic heterocycles. The Hall–Kier alpha value is -4.46. The number of fused-ring (bicyclic) bond motifs is 1. The van der Waals surface area contributed by atoms with Crippen LogP contribution in [0.4, 0.5) is 4.39 Å². The summed E-state index contributed by atoms with van der Waals surface area (Å²) in [7, 11) is 4.80. The largest absolute Gasteiger partial charge is 0.455 e. The lowest BCUT2D eigenvalue weighted by atomic mass is 9.98. The molecule has 0 spiro atoms. The highest BCUT2D eigenvalue weighted by Gasteiger charge is 2.31. The molecular weight excluding hydrogens is 473 g/mol. The van der Waals surface area contributed by atoms with Crippen LogP contribution < -0.4 is 10.6 Å². The van der Waals surface area contributed by atoms with Crippen molar-refractivity contribution in [3.8, 4) is 22.5 Å². The highest BCUT2D eigenvalue weighted by Crippen LogP contribution is 2.36. The first-order valence-electron chi connectivity index (χ1n) is 11.7. The molecule has 190 valence electrons. The van der Waals surface area contributed by atoms with Crippen LogP contribution in [-0.4, -0.2) is 49.3 Å². The first kappa shape index (κ1) is 25.6. The molecule has 0 aliphatic carbocycles. The van der Waals surface area contributed by atoms with E-state index in [0.29, 0.717) is 33.4 Å². The molecule has 0 bridgehead atoms. The number of halogens is 1. The molecule has 0 aliphatic rings. The standard InChI is InChI=1S/C29H28FN3O4/c1-29(2,28(36)33(4)5)32-26(34)20-8-6-7-18(15-20)19-11-14-23-22(16-19)24(27(35)31-3)25(37-23)17-9-12-21(30)13-10-17/h6-16H,1-5H3,(H,31,35)(H,32,34). The molecule has 0 radical (unpaired) electrons. The lowest BCUT2D eigenvalue weighted by Crippen LogP contribution is -2.54. The number of carbonyl (C=O) groups excluding carboxylic acids is 3. The third kappa shape index (κ3) is 5.09. The fourth-order valence-electron chi connectivity index (χ4n) is 4.24. The lowest BCUT2D eigenvalue weighted by molar-refractivity contribution is -0.134. The van der Waals surface area contributed by atoms with Gasteiger partial charge in [-0.05, 0) is 73.5 Å². The number of likely N-dealkylation sites (N-methyl/N-ethyl adjacent to an activating group) is 1. The average molecular weight is 502 g/mol. The van der Waals surface area contributed by atoms with Crippen LogP contribution in [0.1, 0.15) is 34.6 Å². The maximum Gasteiger partial charge on any atom is 0.255 e. The fraction of sp³-hybridized carbons (Fsp3) is 0.207. The molecule has 3 amide bonds. The second-order valence-electron chi connectivity index (χ2n) is 9.46. The molecule has 8 heteroatoms. The molecule has 0 fully saturated rings. The number of nitrogens with one attached hydrogen (secondary N) is 2. The summed E-state index contributed by atoms with van der Waals surface area (Å²) in [5.41, 5.74) is 2.24. The second kappa shape index (κ2) is 9.89. The van der Waals surface area contributed by atoms with E-state index in [9.17, 15) is 18.8 Å². The summed E-state index contributed by atoms with van der Waals surface area (Å²) in [6, 6.07) is 18.2. The zero-order valence-corrected chi connectivity index (χ0v) is 21.3. The van der Waals surface area contributed by atoms with E-state index >= 15 is 0 Å². The number of nitrogens with zero attached hydrogens (tertiary/aromatic N) is 1. The summed E-state index contributed by atoms with van der Waals surface area (Å²) >= 11 is 0. The fourth-order valence-corrected chi connectivity index (χ4v) is 4.24. The van der Waals surface area contributed by atoms with Crippen LogP contribution in [0, 0.1) is 5.82 Å². The van der Waals surface area contributed by atoms with Crippen molar-refractivity contribution in [1.82, 2.24) is 15.5 Å². The van der Waals surface area contributed by atoms with E-state index in [4.69, 9.17) is 4.42 Å². The molecule has 0 unspecified atom stereocenters. The van der Waals surface area contributed by atoms with Crippen LogP contribution in [0.2, 0.25) is 0 Å². The van der Waals surface area contributed by atoms with Crippen molar-refractivity contribution in [3.63, 3.8) is 0 Å². The number of hydrogen-bond donors (Lipinski definition) is 2. The third-order valence-electron chi connectivity index (χ3n) is 6.07. The number of benzene rings is 3. The molecule has 0 saturated carbocycles. The molecule has 4 rings (SSSR count). The van der Waals surface area contributed by atoms with E-state index in [0.717, 1.165) is 11.1 Å². The first-order chi connectivity index (χ1) is 17.5. The van der Waals surface area contributed by atoms with Gasteiger partial charge in [0.15, 0.2) is 0 Å². The van der Waals surface area contributed by atoms with Gasteiger partial charge in [0, 0.05) is 37.7 Å². The average Bonchev–Trinajstić information content (AvgIpc) is 3.26. The van der Waals surface area contributed by atoms with Crippen molar-refractivity contribution < 1.29 is 23.2 Å². The van der Waals surface area contributed by atoms with Gasteiger partial charge in [-0.3, -0.25) is 14.4 Å². The summed E-state index contributed by atoms with van der Waals surface area (Å²) < 4.78 is 19.5. The maximum atomic E-state index is 13.5. The second-order valence-corrected chi connectivity index (χ2v) is 9.46. The van der Waals surface area contributed by atoms with Gasteiger partial charge in [-0.15, -0.1) is 0 Å². The summed E-state index contributed by atoms with van der Waals surface area (Å²) in [5, 5.41) is 6.03. The van der Waals surface area contributed by atoms with Crippen LogP contribution in [-0.2, 0) is 4.79 Å². The van der Waals surface area contributed by atoms with Crippen molar-refractivity contribution in [2.75, 3.05) is 21.1 Å². The van der Waals surface area contributed by atoms with E-state index in [-0.39, 0.29) is 23.5 Å². The van der Waals surface area contributed by atoms with Crippen molar-refractivity contribution in [1.29, 1.82) is 0 Å². The Morgan fingerprint density at radius 2 is 1.51 bits per heavy atom. The molecule has 3 aromatic carbocycles. The molecule has 37 heavy (non-hydrogen) atoms. The van der Waals surface area contributed by atoms with E-state index in [1.54, 1.807) is 64.3 Å². The van der Waals surface area contributed by atoms with Gasteiger partial charge < -0.3 is 20.0 Å². The topological polar surface area (TPSA) is 91.6 Å². The number of furan rings is 1. The van der Waals surface area contributed by atoms with Gasteiger partial charge >= 0.3 is 0 Å². The minimum absolute atomic E-state index is 0.221. The zero-order chi connectivity index (χ0) is 26.9. The molecule has 2 N–H and O–H groups in total. The van der Waals surface area contributed by atoms with Crippen molar-refractivity contribution in [3.05, 3.63) is 83.7 Å². The number of hydrogen-bond acceptors (Lipinski definition) is 4. The summed E-state index contributed by atoms with van der Waals surface area (Å²) in [6.45, 7) is 3.31. The van der Waals surface area contributed by atoms with Crippen LogP contribution in [0.25, 0.3) is 33.4 Å². The molecule has 1 aromatic heterocycles. The zero-order valence-electron chi connectivity index (χ0n) is 21.3. The summed E-state index contributed by atoms with van der Waals surface area (Å²) in [6.07, 6.45) is 0. The van der Waals surface area contributed by atoms with Gasteiger partial charge in [-0.1, -0.05) is 18.2 Å². The van der Waals surface area contributed by atoms with Gasteiger partial charge in [-0.2, -0.15) is 0 Å². The molecule has 0 atom stereocenters. The SMILES string of the molecule is CNC(=O)c1c(-c2ccc(F)cc2)oc2ccc(-c3cccc(C(=O)NC(C)(C)C(=O)N(C)C)c3)cc12. The first-order valence-corrected chi connectivity index (χ1v) is 11.7. The van der Waals surface area contributed by atoms with E-state index in [1.165, 1.54) is 24.1 Å². The molecule has 0 saturated heterocycles.